The summed E-state index contributed by atoms with van der Waals surface area (Å²) in [5.41, 5.74) is 2.15. The molecule has 3 aromatic rings. The van der Waals surface area contributed by atoms with Crippen LogP contribution in [0.25, 0.3) is 0 Å². The van der Waals surface area contributed by atoms with Gasteiger partial charge >= 0.3 is 0 Å². The number of nitro benzene ring substituents is 1. The van der Waals surface area contributed by atoms with E-state index in [-0.39, 0.29) is 50.7 Å². The molecule has 5 atom stereocenters. The number of halogens is 3. The van der Waals surface area contributed by atoms with E-state index in [2.05, 4.69) is 5.32 Å². The zero-order chi connectivity index (χ0) is 22.4. The molecule has 0 bridgehead atoms. The van der Waals surface area contributed by atoms with Gasteiger partial charge in [0.25, 0.3) is 5.69 Å². The van der Waals surface area contributed by atoms with E-state index in [1.165, 1.54) is 36.0 Å². The topological polar surface area (TPSA) is 55.2 Å². The Bertz CT molecular complexity index is 1180. The predicted octanol–water partition coefficient (Wildman–Crippen LogP) is 6.91. The number of benzene rings is 3. The molecule has 1 aliphatic carbocycles. The van der Waals surface area contributed by atoms with Crippen LogP contribution in [-0.4, -0.2) is 15.6 Å². The molecule has 0 spiro atoms. The number of para-hydroxylation sites is 2. The maximum absolute atomic E-state index is 14.7. The molecular formula is C24H19ClF2N2O2S. The molecule has 1 saturated carbocycles. The van der Waals surface area contributed by atoms with Crippen LogP contribution in [0.3, 0.4) is 0 Å². The van der Waals surface area contributed by atoms with Crippen molar-refractivity contribution in [2.24, 2.45) is 5.92 Å². The lowest BCUT2D eigenvalue weighted by Gasteiger charge is -2.38. The van der Waals surface area contributed by atoms with Crippen molar-refractivity contribution >= 4 is 34.7 Å². The third-order valence-corrected chi connectivity index (χ3v) is 8.48. The van der Waals surface area contributed by atoms with Crippen molar-refractivity contribution < 1.29 is 13.7 Å². The van der Waals surface area contributed by atoms with Gasteiger partial charge in [0.1, 0.15) is 11.6 Å². The Hall–Kier alpha value is -2.64. The van der Waals surface area contributed by atoms with Crippen LogP contribution >= 0.6 is 23.4 Å². The maximum Gasteiger partial charge on any atom is 0.282 e. The summed E-state index contributed by atoms with van der Waals surface area (Å²) >= 11 is 8.39. The quantitative estimate of drug-likeness (QED) is 0.254. The molecule has 32 heavy (non-hydrogen) atoms. The van der Waals surface area contributed by atoms with E-state index in [1.807, 2.05) is 6.07 Å². The fourth-order valence-electron chi connectivity index (χ4n) is 4.98. The van der Waals surface area contributed by atoms with E-state index in [4.69, 9.17) is 11.6 Å². The third-order valence-electron chi connectivity index (χ3n) is 6.37. The fourth-order valence-corrected chi connectivity index (χ4v) is 6.92. The average Bonchev–Trinajstić information content (AvgIpc) is 3.11. The highest BCUT2D eigenvalue weighted by Crippen LogP contribution is 2.58. The van der Waals surface area contributed by atoms with Crippen LogP contribution in [-0.2, 0) is 0 Å². The summed E-state index contributed by atoms with van der Waals surface area (Å²) in [6.07, 6.45) is 0.681. The van der Waals surface area contributed by atoms with Crippen LogP contribution in [0, 0.1) is 27.7 Å². The van der Waals surface area contributed by atoms with E-state index in [1.54, 1.807) is 36.4 Å². The van der Waals surface area contributed by atoms with E-state index < -0.39 is 0 Å². The number of nitrogens with one attached hydrogen (secondary N) is 1. The Labute approximate surface area is 193 Å². The number of nitro groups is 1. The minimum absolute atomic E-state index is 0.0255. The molecule has 164 valence electrons. The summed E-state index contributed by atoms with van der Waals surface area (Å²) in [4.78, 5) is 11.7. The number of fused-ring (bicyclic) bond motifs is 3. The Morgan fingerprint density at radius 3 is 2.53 bits per heavy atom. The molecule has 1 N–H and O–H groups in total. The van der Waals surface area contributed by atoms with E-state index in [0.29, 0.717) is 17.0 Å². The molecule has 5 rings (SSSR count). The molecular weight excluding hydrogens is 454 g/mol. The number of alkyl halides is 1. The monoisotopic (exact) mass is 472 g/mol. The second kappa shape index (κ2) is 8.37. The van der Waals surface area contributed by atoms with Crippen LogP contribution in [0.4, 0.5) is 20.2 Å². The molecule has 2 aliphatic rings. The molecule has 3 aromatic carbocycles. The van der Waals surface area contributed by atoms with Gasteiger partial charge in [-0.05, 0) is 47.7 Å². The van der Waals surface area contributed by atoms with Gasteiger partial charge in [0.15, 0.2) is 0 Å². The molecule has 5 unspecified atom stereocenters. The molecule has 4 nitrogen and oxygen atoms in total. The van der Waals surface area contributed by atoms with Gasteiger partial charge in [0.05, 0.1) is 26.9 Å². The fraction of sp³-hybridized carbons (Fsp3) is 0.250. The van der Waals surface area contributed by atoms with E-state index in [0.717, 1.165) is 11.1 Å². The van der Waals surface area contributed by atoms with Crippen LogP contribution in [0.2, 0.25) is 0 Å². The Balaban J connectivity index is 1.54. The van der Waals surface area contributed by atoms with Crippen LogP contribution < -0.4 is 5.32 Å². The second-order valence-electron chi connectivity index (χ2n) is 8.13. The van der Waals surface area contributed by atoms with Gasteiger partial charge in [-0.15, -0.1) is 23.4 Å². The molecule has 0 radical (unpaired) electrons. The largest absolute Gasteiger partial charge is 0.375 e. The predicted molar refractivity (Wildman–Crippen MR) is 122 cm³/mol. The third kappa shape index (κ3) is 3.63. The summed E-state index contributed by atoms with van der Waals surface area (Å²) in [5.74, 6) is -0.803. The lowest BCUT2D eigenvalue weighted by atomic mass is 9.77. The first-order valence-electron chi connectivity index (χ1n) is 10.3. The Morgan fingerprint density at radius 2 is 1.78 bits per heavy atom. The number of nitrogens with zero attached hydrogens (tertiary/aromatic N) is 1. The lowest BCUT2D eigenvalue weighted by Crippen LogP contribution is -2.31. The summed E-state index contributed by atoms with van der Waals surface area (Å²) < 4.78 is 28.3. The first-order valence-corrected chi connectivity index (χ1v) is 11.6. The first kappa shape index (κ1) is 21.2. The van der Waals surface area contributed by atoms with Crippen molar-refractivity contribution in [1.82, 2.24) is 0 Å². The molecule has 1 heterocycles. The Morgan fingerprint density at radius 1 is 1.03 bits per heavy atom. The zero-order valence-corrected chi connectivity index (χ0v) is 18.3. The van der Waals surface area contributed by atoms with Crippen LogP contribution in [0.15, 0.2) is 71.6 Å². The zero-order valence-electron chi connectivity index (χ0n) is 16.8. The molecule has 0 aromatic heterocycles. The molecule has 0 amide bonds. The molecule has 1 fully saturated rings. The minimum Gasteiger partial charge on any atom is -0.375 e. The SMILES string of the molecule is O=[N+]([O-])c1ccccc1SC1CC2C(c3ccc(F)cc3)Nc3c(F)cccc3C2C1Cl. The van der Waals surface area contributed by atoms with Crippen LogP contribution in [0.5, 0.6) is 0 Å². The first-order chi connectivity index (χ1) is 15.4. The number of hydrogen-bond acceptors (Lipinski definition) is 4. The number of hydrogen-bond donors (Lipinski definition) is 1. The normalized spacial score (nSPS) is 26.2. The van der Waals surface area contributed by atoms with Gasteiger partial charge in [-0.3, -0.25) is 10.1 Å². The second-order valence-corrected chi connectivity index (χ2v) is 9.91. The van der Waals surface area contributed by atoms with E-state index in [9.17, 15) is 18.9 Å². The summed E-state index contributed by atoms with van der Waals surface area (Å²) in [6, 6.07) is 17.6. The minimum atomic E-state index is -0.388. The maximum atomic E-state index is 14.7. The van der Waals surface area contributed by atoms with E-state index >= 15 is 0 Å². The lowest BCUT2D eigenvalue weighted by molar-refractivity contribution is -0.387. The number of thioether (sulfide) groups is 1. The van der Waals surface area contributed by atoms with Crippen molar-refractivity contribution in [3.8, 4) is 0 Å². The average molecular weight is 473 g/mol. The summed E-state index contributed by atoms with van der Waals surface area (Å²) in [6.45, 7) is 0. The highest BCUT2D eigenvalue weighted by Gasteiger charge is 2.50. The Kier molecular flexibility index (Phi) is 5.55. The molecule has 1 aliphatic heterocycles. The van der Waals surface area contributed by atoms with Crippen molar-refractivity contribution in [2.75, 3.05) is 5.32 Å². The summed E-state index contributed by atoms with van der Waals surface area (Å²) in [5, 5.41) is 14.3. The number of rotatable bonds is 4. The van der Waals surface area contributed by atoms with Crippen molar-refractivity contribution in [3.05, 3.63) is 99.6 Å². The molecule has 0 saturated heterocycles. The van der Waals surface area contributed by atoms with Gasteiger partial charge < -0.3 is 5.32 Å². The number of anilines is 1. The highest BCUT2D eigenvalue weighted by molar-refractivity contribution is 8.00. The van der Waals surface area contributed by atoms with Crippen molar-refractivity contribution in [1.29, 1.82) is 0 Å². The van der Waals surface area contributed by atoms with Gasteiger partial charge in [0.2, 0.25) is 0 Å². The standard InChI is InChI=1S/C24H19ClF2N2O2S/c25-22-20(32-19-7-2-1-6-18(19)29(30)31)12-16-21(22)15-4-3-5-17(27)24(15)28-23(16)13-8-10-14(26)11-9-13/h1-11,16,20-23,28H,12H2. The van der Waals surface area contributed by atoms with Crippen molar-refractivity contribution in [3.63, 3.8) is 0 Å². The molecule has 8 heteroatoms. The van der Waals surface area contributed by atoms with Gasteiger partial charge in [-0.1, -0.05) is 36.4 Å². The van der Waals surface area contributed by atoms with Gasteiger partial charge in [-0.2, -0.15) is 0 Å². The van der Waals surface area contributed by atoms with Crippen molar-refractivity contribution in [2.45, 2.75) is 33.9 Å². The van der Waals surface area contributed by atoms with Gasteiger partial charge in [-0.25, -0.2) is 8.78 Å². The van der Waals surface area contributed by atoms with Crippen LogP contribution in [0.1, 0.15) is 29.5 Å². The highest BCUT2D eigenvalue weighted by atomic mass is 35.5. The smallest absolute Gasteiger partial charge is 0.282 e. The summed E-state index contributed by atoms with van der Waals surface area (Å²) in [7, 11) is 0. The van der Waals surface area contributed by atoms with Gasteiger partial charge in [0, 0.05) is 17.2 Å².